The molecule has 0 amide bonds. The van der Waals surface area contributed by atoms with Gasteiger partial charge in [0.2, 0.25) is 0 Å². The summed E-state index contributed by atoms with van der Waals surface area (Å²) in [5.74, 6) is 3.20. The minimum absolute atomic E-state index is 0.921. The van der Waals surface area contributed by atoms with Crippen molar-refractivity contribution in [2.75, 3.05) is 26.7 Å². The Bertz CT molecular complexity index is 237. The molecule has 3 saturated carbocycles. The van der Waals surface area contributed by atoms with Crippen molar-refractivity contribution in [3.63, 3.8) is 0 Å². The van der Waals surface area contributed by atoms with Crippen LogP contribution in [0.25, 0.3) is 0 Å². The summed E-state index contributed by atoms with van der Waals surface area (Å²) >= 11 is 0. The third-order valence-corrected chi connectivity index (χ3v) is 5.10. The molecule has 3 rings (SSSR count). The first-order valence-electron chi connectivity index (χ1n) is 7.24. The Labute approximate surface area is 99.8 Å². The Morgan fingerprint density at radius 1 is 1.12 bits per heavy atom. The van der Waals surface area contributed by atoms with Crippen LogP contribution in [-0.2, 0) is 0 Å². The largest absolute Gasteiger partial charge is 0.315 e. The molecule has 3 aliphatic carbocycles. The Morgan fingerprint density at radius 2 is 2.00 bits per heavy atom. The molecule has 0 aromatic carbocycles. The molecule has 1 N–H and O–H groups in total. The van der Waals surface area contributed by atoms with Crippen molar-refractivity contribution in [1.29, 1.82) is 0 Å². The molecule has 0 radical (unpaired) electrons. The fourth-order valence-corrected chi connectivity index (χ4v) is 3.87. The molecule has 3 unspecified atom stereocenters. The van der Waals surface area contributed by atoms with E-state index in [4.69, 9.17) is 0 Å². The van der Waals surface area contributed by atoms with Crippen LogP contribution >= 0.6 is 0 Å². The third kappa shape index (κ3) is 2.43. The van der Waals surface area contributed by atoms with Gasteiger partial charge in [-0.15, -0.1) is 0 Å². The molecular formula is C14H26N2. The molecule has 0 aromatic heterocycles. The maximum atomic E-state index is 3.68. The average molecular weight is 222 g/mol. The molecule has 3 atom stereocenters. The van der Waals surface area contributed by atoms with Gasteiger partial charge in [0, 0.05) is 19.1 Å². The van der Waals surface area contributed by atoms with Crippen LogP contribution in [0, 0.1) is 17.8 Å². The van der Waals surface area contributed by atoms with Gasteiger partial charge in [0.05, 0.1) is 0 Å². The first kappa shape index (κ1) is 11.0. The zero-order valence-electron chi connectivity index (χ0n) is 10.6. The topological polar surface area (TPSA) is 15.3 Å². The van der Waals surface area contributed by atoms with E-state index in [1.54, 1.807) is 6.42 Å². The molecule has 0 heterocycles. The molecule has 3 fully saturated rings. The van der Waals surface area contributed by atoms with Gasteiger partial charge < -0.3 is 10.2 Å². The lowest BCUT2D eigenvalue weighted by Crippen LogP contribution is -2.34. The SMILES string of the molecule is CN(CCNCC1CC2CCC1C2)C1CC1. The van der Waals surface area contributed by atoms with Crippen molar-refractivity contribution in [3.8, 4) is 0 Å². The van der Waals surface area contributed by atoms with Gasteiger partial charge >= 0.3 is 0 Å². The predicted octanol–water partition coefficient (Wildman–Crippen LogP) is 2.11. The monoisotopic (exact) mass is 222 g/mol. The number of nitrogens with zero attached hydrogens (tertiary/aromatic N) is 1. The van der Waals surface area contributed by atoms with Gasteiger partial charge in [-0.1, -0.05) is 6.42 Å². The van der Waals surface area contributed by atoms with Crippen molar-refractivity contribution >= 4 is 0 Å². The van der Waals surface area contributed by atoms with Gasteiger partial charge in [0.15, 0.2) is 0 Å². The second-order valence-corrected chi connectivity index (χ2v) is 6.35. The quantitative estimate of drug-likeness (QED) is 0.692. The van der Waals surface area contributed by atoms with E-state index in [0.717, 1.165) is 23.8 Å². The van der Waals surface area contributed by atoms with E-state index in [0.29, 0.717) is 0 Å². The van der Waals surface area contributed by atoms with Gasteiger partial charge in [0.25, 0.3) is 0 Å². The van der Waals surface area contributed by atoms with Gasteiger partial charge in [-0.2, -0.15) is 0 Å². The van der Waals surface area contributed by atoms with E-state index < -0.39 is 0 Å². The molecule has 92 valence electrons. The summed E-state index contributed by atoms with van der Waals surface area (Å²) in [6.45, 7) is 3.73. The molecule has 0 spiro atoms. The summed E-state index contributed by atoms with van der Waals surface area (Å²) in [4.78, 5) is 2.52. The molecule has 0 saturated heterocycles. The fraction of sp³-hybridized carbons (Fsp3) is 1.00. The van der Waals surface area contributed by atoms with E-state index in [1.807, 2.05) is 0 Å². The zero-order chi connectivity index (χ0) is 11.0. The molecule has 16 heavy (non-hydrogen) atoms. The van der Waals surface area contributed by atoms with Crippen LogP contribution in [-0.4, -0.2) is 37.6 Å². The summed E-state index contributed by atoms with van der Waals surface area (Å²) in [6, 6.07) is 0.921. The second kappa shape index (κ2) is 4.66. The average Bonchev–Trinajstić information content (AvgIpc) is 2.95. The van der Waals surface area contributed by atoms with Crippen LogP contribution in [0.4, 0.5) is 0 Å². The first-order chi connectivity index (χ1) is 7.83. The van der Waals surface area contributed by atoms with Crippen LogP contribution in [0.2, 0.25) is 0 Å². The lowest BCUT2D eigenvalue weighted by molar-refractivity contribution is 0.293. The molecule has 2 nitrogen and oxygen atoms in total. The maximum Gasteiger partial charge on any atom is 0.0107 e. The van der Waals surface area contributed by atoms with E-state index in [-0.39, 0.29) is 0 Å². The van der Waals surface area contributed by atoms with Crippen molar-refractivity contribution in [2.24, 2.45) is 17.8 Å². The molecule has 0 aliphatic heterocycles. The van der Waals surface area contributed by atoms with Crippen LogP contribution in [0.15, 0.2) is 0 Å². The van der Waals surface area contributed by atoms with Crippen LogP contribution < -0.4 is 5.32 Å². The van der Waals surface area contributed by atoms with Gasteiger partial charge in [0.1, 0.15) is 0 Å². The lowest BCUT2D eigenvalue weighted by atomic mass is 9.89. The summed E-state index contributed by atoms with van der Waals surface area (Å²) in [5.41, 5.74) is 0. The predicted molar refractivity (Wildman–Crippen MR) is 67.5 cm³/mol. The van der Waals surface area contributed by atoms with Crippen molar-refractivity contribution < 1.29 is 0 Å². The minimum atomic E-state index is 0.921. The lowest BCUT2D eigenvalue weighted by Gasteiger charge is -2.23. The normalized spacial score (nSPS) is 37.5. The number of hydrogen-bond donors (Lipinski definition) is 1. The summed E-state index contributed by atoms with van der Waals surface area (Å²) in [5, 5.41) is 3.68. The summed E-state index contributed by atoms with van der Waals surface area (Å²) < 4.78 is 0. The zero-order valence-corrected chi connectivity index (χ0v) is 10.6. The second-order valence-electron chi connectivity index (χ2n) is 6.35. The van der Waals surface area contributed by atoms with Gasteiger partial charge in [-0.05, 0) is 63.5 Å². The first-order valence-corrected chi connectivity index (χ1v) is 7.24. The highest BCUT2D eigenvalue weighted by Crippen LogP contribution is 2.47. The smallest absolute Gasteiger partial charge is 0.0107 e. The third-order valence-electron chi connectivity index (χ3n) is 5.10. The summed E-state index contributed by atoms with van der Waals surface area (Å²) in [7, 11) is 2.27. The number of hydrogen-bond acceptors (Lipinski definition) is 2. The van der Waals surface area contributed by atoms with E-state index in [9.17, 15) is 0 Å². The maximum absolute atomic E-state index is 3.68. The Hall–Kier alpha value is -0.0800. The van der Waals surface area contributed by atoms with Crippen molar-refractivity contribution in [1.82, 2.24) is 10.2 Å². The standard InChI is InChI=1S/C14H26N2/c1-16(14-4-5-14)7-6-15-10-13-9-11-2-3-12(13)8-11/h11-15H,2-10H2,1H3. The van der Waals surface area contributed by atoms with Crippen LogP contribution in [0.5, 0.6) is 0 Å². The minimum Gasteiger partial charge on any atom is -0.315 e. The van der Waals surface area contributed by atoms with Crippen molar-refractivity contribution in [3.05, 3.63) is 0 Å². The number of fused-ring (bicyclic) bond motifs is 2. The number of rotatable bonds is 6. The van der Waals surface area contributed by atoms with Gasteiger partial charge in [-0.25, -0.2) is 0 Å². The molecular weight excluding hydrogens is 196 g/mol. The molecule has 2 bridgehead atoms. The van der Waals surface area contributed by atoms with Crippen LogP contribution in [0.3, 0.4) is 0 Å². The highest BCUT2D eigenvalue weighted by Gasteiger charge is 2.38. The fourth-order valence-electron chi connectivity index (χ4n) is 3.87. The highest BCUT2D eigenvalue weighted by molar-refractivity contribution is 4.90. The number of likely N-dealkylation sites (N-methyl/N-ethyl adjacent to an activating group) is 1. The highest BCUT2D eigenvalue weighted by atomic mass is 15.2. The van der Waals surface area contributed by atoms with Crippen LogP contribution in [0.1, 0.15) is 38.5 Å². The molecule has 3 aliphatic rings. The van der Waals surface area contributed by atoms with E-state index in [2.05, 4.69) is 17.3 Å². The Morgan fingerprint density at radius 3 is 2.62 bits per heavy atom. The Balaban J connectivity index is 1.29. The van der Waals surface area contributed by atoms with Crippen molar-refractivity contribution in [2.45, 2.75) is 44.6 Å². The Kier molecular flexibility index (Phi) is 3.21. The van der Waals surface area contributed by atoms with E-state index in [1.165, 1.54) is 51.7 Å². The molecule has 0 aromatic rings. The summed E-state index contributed by atoms with van der Waals surface area (Å²) in [6.07, 6.45) is 9.00. The van der Waals surface area contributed by atoms with Gasteiger partial charge in [-0.3, -0.25) is 0 Å². The number of nitrogens with one attached hydrogen (secondary N) is 1. The van der Waals surface area contributed by atoms with E-state index >= 15 is 0 Å². The molecule has 2 heteroatoms.